The fraction of sp³-hybridized carbons (Fsp3) is 0.474. The van der Waals surface area contributed by atoms with Gasteiger partial charge in [0.25, 0.3) is 5.91 Å². The first-order chi connectivity index (χ1) is 14.2. The van der Waals surface area contributed by atoms with Gasteiger partial charge in [-0.05, 0) is 12.1 Å². The van der Waals surface area contributed by atoms with Gasteiger partial charge in [0.1, 0.15) is 18.2 Å². The van der Waals surface area contributed by atoms with Crippen LogP contribution in [0, 0.1) is 5.82 Å². The van der Waals surface area contributed by atoms with Crippen LogP contribution in [0.15, 0.2) is 30.5 Å². The summed E-state index contributed by atoms with van der Waals surface area (Å²) in [7, 11) is 0. The molecule has 1 saturated carbocycles. The van der Waals surface area contributed by atoms with Gasteiger partial charge >= 0.3 is 6.61 Å². The molecule has 1 aromatic rings. The summed E-state index contributed by atoms with van der Waals surface area (Å²) in [5, 5.41) is 5.05. The van der Waals surface area contributed by atoms with Gasteiger partial charge in [-0.3, -0.25) is 9.59 Å². The number of carbonyl (C=O) groups excluding carboxylic acids is 2. The fourth-order valence-electron chi connectivity index (χ4n) is 2.52. The Hall–Kier alpha value is -2.30. The van der Waals surface area contributed by atoms with Gasteiger partial charge in [0.05, 0.1) is 17.2 Å². The van der Waals surface area contributed by atoms with E-state index in [0.29, 0.717) is 18.5 Å². The molecule has 7 nitrogen and oxygen atoms in total. The molecule has 0 unspecified atom stereocenters. The molecule has 1 aromatic carbocycles. The second kappa shape index (κ2) is 11.8. The second-order valence-electron chi connectivity index (χ2n) is 6.54. The number of halogens is 4. The lowest BCUT2D eigenvalue weighted by atomic mass is 9.92. The molecular formula is C19H22ClF3N2O5. The van der Waals surface area contributed by atoms with E-state index in [2.05, 4.69) is 21.9 Å². The third-order valence-corrected chi connectivity index (χ3v) is 4.43. The van der Waals surface area contributed by atoms with E-state index in [1.165, 1.54) is 12.1 Å². The van der Waals surface area contributed by atoms with Crippen molar-refractivity contribution in [1.82, 2.24) is 10.6 Å². The monoisotopic (exact) mass is 450 g/mol. The predicted molar refractivity (Wildman–Crippen MR) is 102 cm³/mol. The Bertz CT molecular complexity index is 760. The Morgan fingerprint density at radius 1 is 1.20 bits per heavy atom. The molecule has 0 aromatic heterocycles. The number of nitrogens with one attached hydrogen (secondary N) is 2. The topological polar surface area (TPSA) is 85.9 Å². The molecule has 0 bridgehead atoms. The molecule has 0 atom stereocenters. The lowest BCUT2D eigenvalue weighted by Gasteiger charge is -2.34. The smallest absolute Gasteiger partial charge is 0.345 e. The minimum atomic E-state index is -2.81. The van der Waals surface area contributed by atoms with Crippen molar-refractivity contribution in [3.8, 4) is 5.75 Å². The molecule has 1 aliphatic rings. The van der Waals surface area contributed by atoms with Crippen LogP contribution >= 0.6 is 11.6 Å². The third kappa shape index (κ3) is 8.60. The van der Waals surface area contributed by atoms with Crippen LogP contribution in [0.1, 0.15) is 19.3 Å². The molecule has 0 spiro atoms. The van der Waals surface area contributed by atoms with Gasteiger partial charge in [-0.15, -0.1) is 0 Å². The van der Waals surface area contributed by atoms with E-state index in [1.54, 1.807) is 0 Å². The Morgan fingerprint density at radius 3 is 2.60 bits per heavy atom. The average molecular weight is 451 g/mol. The third-order valence-electron chi connectivity index (χ3n) is 4.12. The van der Waals surface area contributed by atoms with E-state index < -0.39 is 30.3 Å². The summed E-state index contributed by atoms with van der Waals surface area (Å²) >= 11 is 5.56. The van der Waals surface area contributed by atoms with Gasteiger partial charge in [-0.25, -0.2) is 4.39 Å². The number of ether oxygens (including phenoxy) is 3. The summed E-state index contributed by atoms with van der Waals surface area (Å²) in [6, 6.07) is 3.83. The zero-order valence-electron chi connectivity index (χ0n) is 16.0. The summed E-state index contributed by atoms with van der Waals surface area (Å²) < 4.78 is 52.0. The van der Waals surface area contributed by atoms with Gasteiger partial charge in [0.2, 0.25) is 5.91 Å². The SMILES string of the molecule is C=C(CCNC(=O)COc1ccc(Cl)c(F)c1)NC(=O)COC1CC(OC(F)F)C1. The van der Waals surface area contributed by atoms with Crippen molar-refractivity contribution in [2.45, 2.75) is 38.1 Å². The first-order valence-corrected chi connectivity index (χ1v) is 9.48. The molecule has 0 aliphatic heterocycles. The van der Waals surface area contributed by atoms with E-state index in [-0.39, 0.29) is 43.1 Å². The Balaban J connectivity index is 1.52. The first-order valence-electron chi connectivity index (χ1n) is 9.10. The van der Waals surface area contributed by atoms with Gasteiger partial charge in [-0.1, -0.05) is 18.2 Å². The molecule has 2 N–H and O–H groups in total. The van der Waals surface area contributed by atoms with Crippen LogP contribution in [0.25, 0.3) is 0 Å². The highest BCUT2D eigenvalue weighted by atomic mass is 35.5. The van der Waals surface area contributed by atoms with Crippen LogP contribution in [0.2, 0.25) is 5.02 Å². The molecular weight excluding hydrogens is 429 g/mol. The minimum Gasteiger partial charge on any atom is -0.484 e. The van der Waals surface area contributed by atoms with Crippen LogP contribution in [-0.2, 0) is 19.1 Å². The number of hydrogen-bond acceptors (Lipinski definition) is 5. The van der Waals surface area contributed by atoms with Crippen LogP contribution in [0.5, 0.6) is 5.75 Å². The van der Waals surface area contributed by atoms with E-state index in [4.69, 9.17) is 21.1 Å². The summed E-state index contributed by atoms with van der Waals surface area (Å²) in [4.78, 5) is 23.5. The zero-order valence-corrected chi connectivity index (χ0v) is 16.7. The molecule has 166 valence electrons. The van der Waals surface area contributed by atoms with Crippen molar-refractivity contribution < 1.29 is 37.0 Å². The van der Waals surface area contributed by atoms with Crippen molar-refractivity contribution in [1.29, 1.82) is 0 Å². The predicted octanol–water partition coefficient (Wildman–Crippen LogP) is 2.78. The largest absolute Gasteiger partial charge is 0.484 e. The van der Waals surface area contributed by atoms with Gasteiger partial charge in [0.15, 0.2) is 6.61 Å². The molecule has 30 heavy (non-hydrogen) atoms. The Morgan fingerprint density at radius 2 is 1.93 bits per heavy atom. The van der Waals surface area contributed by atoms with Crippen molar-refractivity contribution in [2.24, 2.45) is 0 Å². The standard InChI is InChI=1S/C19H22ClF3N2O5/c1-11(25-18(27)10-29-13-6-14(7-13)30-19(22)23)4-5-24-17(26)9-28-12-2-3-15(20)16(21)8-12/h2-3,8,13-14,19H,1,4-7,9-10H2,(H,24,26)(H,25,27). The number of rotatable bonds is 12. The summed E-state index contributed by atoms with van der Waals surface area (Å²) in [6.07, 6.45) is 0.0753. The normalized spacial score (nSPS) is 17.9. The molecule has 0 saturated heterocycles. The number of hydrogen-bond donors (Lipinski definition) is 2. The van der Waals surface area contributed by atoms with Crippen LogP contribution in [0.3, 0.4) is 0 Å². The fourth-order valence-corrected chi connectivity index (χ4v) is 2.64. The van der Waals surface area contributed by atoms with Crippen LogP contribution in [0.4, 0.5) is 13.2 Å². The van der Waals surface area contributed by atoms with Crippen LogP contribution < -0.4 is 15.4 Å². The average Bonchev–Trinajstić information content (AvgIpc) is 2.64. The minimum absolute atomic E-state index is 0.0459. The maximum atomic E-state index is 13.3. The van der Waals surface area contributed by atoms with E-state index in [9.17, 15) is 22.8 Å². The van der Waals surface area contributed by atoms with Crippen LogP contribution in [-0.4, -0.2) is 50.4 Å². The summed E-state index contributed by atoms with van der Waals surface area (Å²) in [5.74, 6) is -1.34. The van der Waals surface area contributed by atoms with Crippen molar-refractivity contribution >= 4 is 23.4 Å². The number of carbonyl (C=O) groups is 2. The summed E-state index contributed by atoms with van der Waals surface area (Å²) in [6.45, 7) is 0.525. The van der Waals surface area contributed by atoms with Crippen molar-refractivity contribution in [3.05, 3.63) is 41.3 Å². The molecule has 1 aliphatic carbocycles. The molecule has 2 rings (SSSR count). The van der Waals surface area contributed by atoms with Crippen molar-refractivity contribution in [3.63, 3.8) is 0 Å². The van der Waals surface area contributed by atoms with Gasteiger partial charge < -0.3 is 24.8 Å². The van der Waals surface area contributed by atoms with Gasteiger partial charge in [0, 0.05) is 37.6 Å². The maximum absolute atomic E-state index is 13.3. The lowest BCUT2D eigenvalue weighted by molar-refractivity contribution is -0.206. The highest BCUT2D eigenvalue weighted by molar-refractivity contribution is 6.30. The number of alkyl halides is 2. The number of benzene rings is 1. The Labute approximate surface area is 176 Å². The molecule has 0 heterocycles. The number of amides is 2. The lowest BCUT2D eigenvalue weighted by Crippen LogP contribution is -2.40. The van der Waals surface area contributed by atoms with Gasteiger partial charge in [-0.2, -0.15) is 8.78 Å². The van der Waals surface area contributed by atoms with E-state index in [0.717, 1.165) is 6.07 Å². The Kier molecular flexibility index (Phi) is 9.41. The molecule has 0 radical (unpaired) electrons. The quantitative estimate of drug-likeness (QED) is 0.511. The molecule has 11 heteroatoms. The summed E-state index contributed by atoms with van der Waals surface area (Å²) in [5.41, 5.74) is 0.372. The maximum Gasteiger partial charge on any atom is 0.345 e. The molecule has 2 amide bonds. The second-order valence-corrected chi connectivity index (χ2v) is 6.95. The first kappa shape index (κ1) is 24.0. The molecule has 1 fully saturated rings. The highest BCUT2D eigenvalue weighted by Gasteiger charge is 2.33. The van der Waals surface area contributed by atoms with Crippen molar-refractivity contribution in [2.75, 3.05) is 19.8 Å². The zero-order chi connectivity index (χ0) is 22.1. The van der Waals surface area contributed by atoms with E-state index in [1.807, 2.05) is 0 Å². The van der Waals surface area contributed by atoms with E-state index >= 15 is 0 Å². The highest BCUT2D eigenvalue weighted by Crippen LogP contribution is 2.27.